The average Bonchev–Trinajstić information content (AvgIpc) is 3.24. The second kappa shape index (κ2) is 8.57. The number of fused-ring (bicyclic) bond motifs is 1. The highest BCUT2D eigenvalue weighted by molar-refractivity contribution is 6.33. The lowest BCUT2D eigenvalue weighted by atomic mass is 10.1. The Morgan fingerprint density at radius 2 is 1.94 bits per heavy atom. The predicted octanol–water partition coefficient (Wildman–Crippen LogP) is 4.21. The summed E-state index contributed by atoms with van der Waals surface area (Å²) < 4.78 is 13.5. The number of carbonyl (C=O) groups excluding carboxylic acids is 1. The largest absolute Gasteiger partial charge is 0.353 e. The van der Waals surface area contributed by atoms with Crippen LogP contribution < -0.4 is 10.6 Å². The molecule has 0 saturated carbocycles. The molecule has 1 aliphatic heterocycles. The van der Waals surface area contributed by atoms with E-state index in [4.69, 9.17) is 11.6 Å². The molecule has 3 heterocycles. The van der Waals surface area contributed by atoms with Gasteiger partial charge in [0.2, 0.25) is 0 Å². The van der Waals surface area contributed by atoms with Crippen LogP contribution in [-0.2, 0) is 0 Å². The summed E-state index contributed by atoms with van der Waals surface area (Å²) in [5, 5.41) is 7.56. The lowest BCUT2D eigenvalue weighted by molar-refractivity contribution is 0.0736. The molecule has 0 radical (unpaired) electrons. The molecule has 9 heteroatoms. The number of carbonyl (C=O) groups is 1. The maximum atomic E-state index is 13.5. The zero-order valence-electron chi connectivity index (χ0n) is 17.0. The van der Waals surface area contributed by atoms with Gasteiger partial charge >= 0.3 is 0 Å². The molecule has 5 rings (SSSR count). The number of aromatic amines is 1. The van der Waals surface area contributed by atoms with Crippen LogP contribution in [0.5, 0.6) is 0 Å². The molecule has 32 heavy (non-hydrogen) atoms. The molecule has 2 aromatic carbocycles. The number of nitrogens with zero attached hydrogens (tertiary/aromatic N) is 3. The van der Waals surface area contributed by atoms with E-state index in [1.54, 1.807) is 36.7 Å². The lowest BCUT2D eigenvalue weighted by Crippen LogP contribution is -2.46. The van der Waals surface area contributed by atoms with E-state index in [0.717, 1.165) is 29.7 Å². The minimum Gasteiger partial charge on any atom is -0.353 e. The van der Waals surface area contributed by atoms with Crippen molar-refractivity contribution in [3.05, 3.63) is 71.3 Å². The molecule has 1 fully saturated rings. The molecule has 162 valence electrons. The number of hydrogen-bond acceptors (Lipinski definition) is 5. The fourth-order valence-corrected chi connectivity index (χ4v) is 3.96. The fraction of sp³-hybridized carbons (Fsp3) is 0.174. The summed E-state index contributed by atoms with van der Waals surface area (Å²) in [6.45, 7) is 2.94. The van der Waals surface area contributed by atoms with Crippen LogP contribution >= 0.6 is 11.6 Å². The molecule has 0 spiro atoms. The third-order valence-corrected chi connectivity index (χ3v) is 5.69. The Labute approximate surface area is 188 Å². The first-order valence-electron chi connectivity index (χ1n) is 10.2. The summed E-state index contributed by atoms with van der Waals surface area (Å²) in [5.41, 5.74) is 3.31. The number of nitrogens with one attached hydrogen (secondary N) is 3. The standard InChI is InChI=1S/C23H20ClFN6O/c24-17-10-14(23(32)31-7-5-26-6-8-31)1-3-19(17)29-22-13-27-12-21(30-22)20-11-15-9-16(25)2-4-18(15)28-20/h1-4,9-13,26,28H,5-8H2,(H,29,30). The second-order valence-corrected chi connectivity index (χ2v) is 7.97. The number of piperazine rings is 1. The van der Waals surface area contributed by atoms with Crippen molar-refractivity contribution < 1.29 is 9.18 Å². The minimum absolute atomic E-state index is 0.0306. The Balaban J connectivity index is 1.36. The van der Waals surface area contributed by atoms with Crippen molar-refractivity contribution in [2.45, 2.75) is 0 Å². The highest BCUT2D eigenvalue weighted by Gasteiger charge is 2.19. The summed E-state index contributed by atoms with van der Waals surface area (Å²) >= 11 is 6.45. The van der Waals surface area contributed by atoms with Gasteiger partial charge in [0.25, 0.3) is 5.91 Å². The van der Waals surface area contributed by atoms with Crippen molar-refractivity contribution in [2.75, 3.05) is 31.5 Å². The van der Waals surface area contributed by atoms with Crippen molar-refractivity contribution in [1.82, 2.24) is 25.2 Å². The SMILES string of the molecule is O=C(c1ccc(Nc2cncc(-c3cc4cc(F)ccc4[nH]3)n2)c(Cl)c1)N1CCNCC1. The number of anilines is 2. The highest BCUT2D eigenvalue weighted by Crippen LogP contribution is 2.28. The summed E-state index contributed by atoms with van der Waals surface area (Å²) in [5.74, 6) is 0.172. The first kappa shape index (κ1) is 20.4. The molecular formula is C23H20ClFN6O. The lowest BCUT2D eigenvalue weighted by Gasteiger charge is -2.27. The predicted molar refractivity (Wildman–Crippen MR) is 123 cm³/mol. The van der Waals surface area contributed by atoms with Crippen molar-refractivity contribution >= 4 is 39.9 Å². The van der Waals surface area contributed by atoms with E-state index >= 15 is 0 Å². The molecule has 1 amide bonds. The number of halogens is 2. The van der Waals surface area contributed by atoms with Gasteiger partial charge in [-0.05, 0) is 42.5 Å². The molecule has 2 aromatic heterocycles. The molecule has 0 bridgehead atoms. The monoisotopic (exact) mass is 450 g/mol. The summed E-state index contributed by atoms with van der Waals surface area (Å²) in [6.07, 6.45) is 3.21. The van der Waals surface area contributed by atoms with E-state index in [0.29, 0.717) is 40.9 Å². The van der Waals surface area contributed by atoms with Crippen LogP contribution in [0.15, 0.2) is 54.9 Å². The number of rotatable bonds is 4. The Kier molecular flexibility index (Phi) is 5.46. The van der Waals surface area contributed by atoms with Gasteiger partial charge in [-0.25, -0.2) is 9.37 Å². The number of aromatic nitrogens is 3. The number of hydrogen-bond donors (Lipinski definition) is 3. The maximum Gasteiger partial charge on any atom is 0.253 e. The molecule has 0 aliphatic carbocycles. The van der Waals surface area contributed by atoms with Crippen LogP contribution in [0.2, 0.25) is 5.02 Å². The van der Waals surface area contributed by atoms with Crippen molar-refractivity contribution in [3.63, 3.8) is 0 Å². The van der Waals surface area contributed by atoms with E-state index < -0.39 is 0 Å². The molecule has 0 unspecified atom stereocenters. The van der Waals surface area contributed by atoms with E-state index in [2.05, 4.69) is 25.6 Å². The van der Waals surface area contributed by atoms with Crippen LogP contribution in [0.4, 0.5) is 15.9 Å². The van der Waals surface area contributed by atoms with Gasteiger partial charge in [0.1, 0.15) is 17.3 Å². The van der Waals surface area contributed by atoms with Crippen LogP contribution in [0.3, 0.4) is 0 Å². The Bertz CT molecular complexity index is 1300. The van der Waals surface area contributed by atoms with E-state index in [1.165, 1.54) is 12.1 Å². The van der Waals surface area contributed by atoms with Gasteiger partial charge in [-0.1, -0.05) is 11.6 Å². The number of H-pyrrole nitrogens is 1. The van der Waals surface area contributed by atoms with E-state index in [-0.39, 0.29) is 11.7 Å². The molecule has 1 saturated heterocycles. The number of amides is 1. The molecular weight excluding hydrogens is 431 g/mol. The van der Waals surface area contributed by atoms with Gasteiger partial charge in [0, 0.05) is 42.6 Å². The Hall–Kier alpha value is -3.49. The molecule has 7 nitrogen and oxygen atoms in total. The third-order valence-electron chi connectivity index (χ3n) is 5.38. The summed E-state index contributed by atoms with van der Waals surface area (Å²) in [7, 11) is 0. The summed E-state index contributed by atoms with van der Waals surface area (Å²) in [6, 6.07) is 11.6. The zero-order valence-corrected chi connectivity index (χ0v) is 17.8. The topological polar surface area (TPSA) is 85.9 Å². The van der Waals surface area contributed by atoms with Crippen LogP contribution in [0, 0.1) is 5.82 Å². The molecule has 3 N–H and O–H groups in total. The first-order chi connectivity index (χ1) is 15.6. The maximum absolute atomic E-state index is 13.5. The molecule has 1 aliphatic rings. The van der Waals surface area contributed by atoms with Crippen LogP contribution in [0.1, 0.15) is 10.4 Å². The average molecular weight is 451 g/mol. The van der Waals surface area contributed by atoms with Gasteiger partial charge in [-0.2, -0.15) is 0 Å². The van der Waals surface area contributed by atoms with Gasteiger partial charge in [0.05, 0.1) is 28.8 Å². The quantitative estimate of drug-likeness (QED) is 0.433. The van der Waals surface area contributed by atoms with Gasteiger partial charge in [-0.15, -0.1) is 0 Å². The Morgan fingerprint density at radius 3 is 2.75 bits per heavy atom. The van der Waals surface area contributed by atoms with E-state index in [1.807, 2.05) is 11.0 Å². The second-order valence-electron chi connectivity index (χ2n) is 7.57. The molecule has 4 aromatic rings. The smallest absolute Gasteiger partial charge is 0.253 e. The Morgan fingerprint density at radius 1 is 1.09 bits per heavy atom. The van der Waals surface area contributed by atoms with Crippen molar-refractivity contribution in [1.29, 1.82) is 0 Å². The van der Waals surface area contributed by atoms with E-state index in [9.17, 15) is 9.18 Å². The van der Waals surface area contributed by atoms with Gasteiger partial charge in [-0.3, -0.25) is 9.78 Å². The molecule has 0 atom stereocenters. The first-order valence-corrected chi connectivity index (χ1v) is 10.6. The normalized spacial score (nSPS) is 14.0. The fourth-order valence-electron chi connectivity index (χ4n) is 3.74. The number of benzene rings is 2. The van der Waals surface area contributed by atoms with Crippen molar-refractivity contribution in [2.24, 2.45) is 0 Å². The highest BCUT2D eigenvalue weighted by atomic mass is 35.5. The van der Waals surface area contributed by atoms with Crippen LogP contribution in [-0.4, -0.2) is 51.9 Å². The van der Waals surface area contributed by atoms with Gasteiger partial charge < -0.3 is 20.5 Å². The van der Waals surface area contributed by atoms with Gasteiger partial charge in [0.15, 0.2) is 0 Å². The minimum atomic E-state index is -0.293. The van der Waals surface area contributed by atoms with Crippen LogP contribution in [0.25, 0.3) is 22.3 Å². The summed E-state index contributed by atoms with van der Waals surface area (Å²) in [4.78, 5) is 26.6. The van der Waals surface area contributed by atoms with Crippen molar-refractivity contribution in [3.8, 4) is 11.4 Å². The third kappa shape index (κ3) is 4.15. The zero-order chi connectivity index (χ0) is 22.1.